The highest BCUT2D eigenvalue weighted by Crippen LogP contribution is 2.45. The number of carbonyl (C=O) groups excluding carboxylic acids is 2. The van der Waals surface area contributed by atoms with Gasteiger partial charge in [-0.05, 0) is 60.4 Å². The number of anilines is 1. The molecule has 5 rings (SSSR count). The number of benzene rings is 2. The molecule has 3 heterocycles. The van der Waals surface area contributed by atoms with Crippen molar-refractivity contribution in [3.63, 3.8) is 0 Å². The van der Waals surface area contributed by atoms with E-state index in [1.54, 1.807) is 56.8 Å². The molecule has 2 aromatic heterocycles. The lowest BCUT2D eigenvalue weighted by Gasteiger charge is -2.24. The van der Waals surface area contributed by atoms with Gasteiger partial charge in [0.25, 0.3) is 5.78 Å². The number of thiazole rings is 1. The number of hydrogen-bond acceptors (Lipinski definition) is 8. The van der Waals surface area contributed by atoms with Gasteiger partial charge in [-0.1, -0.05) is 38.2 Å². The summed E-state index contributed by atoms with van der Waals surface area (Å²) in [5, 5.41) is 11.9. The van der Waals surface area contributed by atoms with Crippen molar-refractivity contribution in [1.82, 2.24) is 9.97 Å². The topological polar surface area (TPSA) is 102 Å². The third-order valence-electron chi connectivity index (χ3n) is 6.79. The summed E-state index contributed by atoms with van der Waals surface area (Å²) in [5.41, 5.74) is 2.94. The molecule has 0 aliphatic carbocycles. The molecule has 1 fully saturated rings. The predicted molar refractivity (Wildman–Crippen MR) is 152 cm³/mol. The van der Waals surface area contributed by atoms with E-state index in [-0.39, 0.29) is 16.7 Å². The number of hydrogen-bond donors (Lipinski definition) is 1. The molecule has 0 radical (unpaired) electrons. The number of rotatable bonds is 5. The summed E-state index contributed by atoms with van der Waals surface area (Å²) >= 11 is 1.27. The number of aliphatic hydroxyl groups excluding tert-OH is 1. The number of carbonyl (C=O) groups is 2. The van der Waals surface area contributed by atoms with Gasteiger partial charge in [-0.2, -0.15) is 0 Å². The van der Waals surface area contributed by atoms with Crippen molar-refractivity contribution in [2.75, 3.05) is 19.1 Å². The fourth-order valence-corrected chi connectivity index (χ4v) is 5.82. The molecule has 1 aliphatic rings. The minimum absolute atomic E-state index is 0.0447. The summed E-state index contributed by atoms with van der Waals surface area (Å²) in [6.45, 7) is 8.01. The third-order valence-corrected chi connectivity index (χ3v) is 7.81. The van der Waals surface area contributed by atoms with Crippen LogP contribution in [0.15, 0.2) is 60.3 Å². The van der Waals surface area contributed by atoms with E-state index >= 15 is 0 Å². The number of aryl methyl sites for hydroxylation is 1. The first-order chi connectivity index (χ1) is 18.5. The Morgan fingerprint density at radius 1 is 1.03 bits per heavy atom. The molecule has 0 spiro atoms. The Kier molecular flexibility index (Phi) is 6.64. The minimum atomic E-state index is -0.963. The summed E-state index contributed by atoms with van der Waals surface area (Å²) in [6, 6.07) is 13.3. The molecule has 1 unspecified atom stereocenters. The van der Waals surface area contributed by atoms with E-state index in [2.05, 4.69) is 4.98 Å². The van der Waals surface area contributed by atoms with Gasteiger partial charge in [0, 0.05) is 17.3 Å². The van der Waals surface area contributed by atoms with Crippen LogP contribution < -0.4 is 14.4 Å². The summed E-state index contributed by atoms with van der Waals surface area (Å²) < 4.78 is 11.8. The van der Waals surface area contributed by atoms with Gasteiger partial charge in [-0.15, -0.1) is 0 Å². The van der Waals surface area contributed by atoms with Crippen LogP contribution in [-0.2, 0) is 15.0 Å². The molecular formula is C30H29N3O5S. The zero-order valence-electron chi connectivity index (χ0n) is 22.6. The van der Waals surface area contributed by atoms with Gasteiger partial charge in [-0.3, -0.25) is 19.5 Å². The van der Waals surface area contributed by atoms with Gasteiger partial charge in [0.1, 0.15) is 23.3 Å². The van der Waals surface area contributed by atoms with Crippen LogP contribution in [0.25, 0.3) is 16.0 Å². The molecule has 1 atom stereocenters. The number of Topliss-reactive ketones (excluding diaryl/α,β-unsaturated/α-hetero) is 1. The number of nitrogens with zero attached hydrogens (tertiary/aromatic N) is 3. The molecule has 1 amide bonds. The molecule has 2 aromatic carbocycles. The monoisotopic (exact) mass is 543 g/mol. The molecule has 9 heteroatoms. The first kappa shape index (κ1) is 26.4. The van der Waals surface area contributed by atoms with E-state index in [4.69, 9.17) is 14.5 Å². The van der Waals surface area contributed by atoms with E-state index in [1.807, 2.05) is 39.8 Å². The van der Waals surface area contributed by atoms with Crippen molar-refractivity contribution < 1.29 is 24.2 Å². The van der Waals surface area contributed by atoms with E-state index in [1.165, 1.54) is 16.2 Å². The Labute approximate surface area is 230 Å². The number of ketones is 1. The first-order valence-electron chi connectivity index (χ1n) is 12.4. The average Bonchev–Trinajstić information content (AvgIpc) is 3.44. The SMILES string of the molecule is COc1cc2sc(N3C(=O)C(=O)/C(=C(/O)c4ccc(OC)c(C(C)(C)C)c4)C3c3ccccn3)nc2cc1C. The summed E-state index contributed by atoms with van der Waals surface area (Å²) in [7, 11) is 3.19. The molecule has 0 saturated carbocycles. The average molecular weight is 544 g/mol. The van der Waals surface area contributed by atoms with Crippen LogP contribution in [0.2, 0.25) is 0 Å². The van der Waals surface area contributed by atoms with Crippen molar-refractivity contribution in [2.45, 2.75) is 39.2 Å². The Balaban J connectivity index is 1.72. The highest BCUT2D eigenvalue weighted by molar-refractivity contribution is 7.22. The van der Waals surface area contributed by atoms with Gasteiger partial charge in [0.2, 0.25) is 0 Å². The summed E-state index contributed by atoms with van der Waals surface area (Å²) in [5.74, 6) is -0.488. The largest absolute Gasteiger partial charge is 0.507 e. The van der Waals surface area contributed by atoms with Crippen LogP contribution in [0.1, 0.15) is 49.2 Å². The van der Waals surface area contributed by atoms with Crippen LogP contribution in [0.4, 0.5) is 5.13 Å². The molecule has 1 aliphatic heterocycles. The van der Waals surface area contributed by atoms with Crippen molar-refractivity contribution >= 4 is 44.1 Å². The lowest BCUT2D eigenvalue weighted by atomic mass is 9.84. The second-order valence-corrected chi connectivity index (χ2v) is 11.4. The number of aromatic nitrogens is 2. The number of fused-ring (bicyclic) bond motifs is 1. The molecule has 0 bridgehead atoms. The maximum absolute atomic E-state index is 13.6. The van der Waals surface area contributed by atoms with Crippen LogP contribution in [-0.4, -0.2) is 41.0 Å². The maximum atomic E-state index is 13.6. The van der Waals surface area contributed by atoms with Gasteiger partial charge in [0.15, 0.2) is 5.13 Å². The van der Waals surface area contributed by atoms with Crippen LogP contribution in [0, 0.1) is 6.92 Å². The first-order valence-corrected chi connectivity index (χ1v) is 13.2. The highest BCUT2D eigenvalue weighted by Gasteiger charge is 2.49. The maximum Gasteiger partial charge on any atom is 0.301 e. The highest BCUT2D eigenvalue weighted by atomic mass is 32.1. The number of methoxy groups -OCH3 is 2. The molecule has 4 aromatic rings. The Morgan fingerprint density at radius 2 is 1.77 bits per heavy atom. The quantitative estimate of drug-likeness (QED) is 0.189. The second kappa shape index (κ2) is 9.81. The smallest absolute Gasteiger partial charge is 0.301 e. The molecule has 1 N–H and O–H groups in total. The lowest BCUT2D eigenvalue weighted by Crippen LogP contribution is -2.29. The zero-order chi connectivity index (χ0) is 28.1. The standard InChI is InChI=1S/C30H29N3O5S/c1-16-13-20-23(15-22(16)38-6)39-29(32-20)33-25(19-9-7-8-12-31-19)24(27(35)28(33)36)26(34)17-10-11-21(37-5)18(14-17)30(2,3)4/h7-15,25,34H,1-6H3/b26-24+. The van der Waals surface area contributed by atoms with Gasteiger partial charge in [-0.25, -0.2) is 4.98 Å². The fraction of sp³-hybridized carbons (Fsp3) is 0.267. The Bertz CT molecular complexity index is 1640. The van der Waals surface area contributed by atoms with Crippen molar-refractivity contribution in [3.05, 3.63) is 82.7 Å². The number of amides is 1. The predicted octanol–water partition coefficient (Wildman–Crippen LogP) is 5.94. The van der Waals surface area contributed by atoms with Crippen molar-refractivity contribution in [2.24, 2.45) is 0 Å². The zero-order valence-corrected chi connectivity index (χ0v) is 23.4. The number of pyridine rings is 1. The Morgan fingerprint density at radius 3 is 2.41 bits per heavy atom. The normalized spacial score (nSPS) is 17.2. The van der Waals surface area contributed by atoms with Gasteiger partial charge in [0.05, 0.1) is 35.7 Å². The fourth-order valence-electron chi connectivity index (χ4n) is 4.81. The molecule has 8 nitrogen and oxygen atoms in total. The van der Waals surface area contributed by atoms with Gasteiger partial charge >= 0.3 is 5.91 Å². The van der Waals surface area contributed by atoms with Crippen molar-refractivity contribution in [1.29, 1.82) is 0 Å². The van der Waals surface area contributed by atoms with E-state index in [9.17, 15) is 14.7 Å². The van der Waals surface area contributed by atoms with Crippen molar-refractivity contribution in [3.8, 4) is 11.5 Å². The lowest BCUT2D eigenvalue weighted by molar-refractivity contribution is -0.132. The Hall–Kier alpha value is -4.24. The summed E-state index contributed by atoms with van der Waals surface area (Å²) in [6.07, 6.45) is 1.59. The molecular weight excluding hydrogens is 514 g/mol. The number of ether oxygens (including phenoxy) is 2. The minimum Gasteiger partial charge on any atom is -0.507 e. The third kappa shape index (κ3) is 4.52. The van der Waals surface area contributed by atoms with Crippen LogP contribution >= 0.6 is 11.3 Å². The van der Waals surface area contributed by atoms with Crippen LogP contribution in [0.3, 0.4) is 0 Å². The van der Waals surface area contributed by atoms with E-state index in [0.29, 0.717) is 33.4 Å². The van der Waals surface area contributed by atoms with E-state index < -0.39 is 17.7 Å². The second-order valence-electron chi connectivity index (χ2n) is 10.4. The van der Waals surface area contributed by atoms with E-state index in [0.717, 1.165) is 15.8 Å². The summed E-state index contributed by atoms with van der Waals surface area (Å²) in [4.78, 5) is 37.6. The van der Waals surface area contributed by atoms with Gasteiger partial charge < -0.3 is 14.6 Å². The molecule has 1 saturated heterocycles. The van der Waals surface area contributed by atoms with Crippen LogP contribution in [0.5, 0.6) is 11.5 Å². The number of aliphatic hydroxyl groups is 1. The molecule has 200 valence electrons. The molecule has 39 heavy (non-hydrogen) atoms.